The van der Waals surface area contributed by atoms with Crippen molar-refractivity contribution in [3.8, 4) is 0 Å². The summed E-state index contributed by atoms with van der Waals surface area (Å²) in [6.45, 7) is 4.83. The number of nitrogens with zero attached hydrogens (tertiary/aromatic N) is 3. The zero-order valence-electron chi connectivity index (χ0n) is 9.18. The average Bonchev–Trinajstić information content (AvgIpc) is 2.52. The molecule has 1 N–H and O–H groups in total. The average molecular weight is 211 g/mol. The van der Waals surface area contributed by atoms with E-state index in [0.717, 1.165) is 18.8 Å². The molecule has 0 aliphatic carbocycles. The molecule has 0 aromatic carbocycles. The van der Waals surface area contributed by atoms with Crippen molar-refractivity contribution in [2.75, 3.05) is 0 Å². The minimum absolute atomic E-state index is 0.0994. The largest absolute Gasteiger partial charge is 0.481 e. The molecular weight excluding hydrogens is 194 g/mol. The summed E-state index contributed by atoms with van der Waals surface area (Å²) >= 11 is 0. The van der Waals surface area contributed by atoms with Crippen molar-refractivity contribution in [2.24, 2.45) is 5.92 Å². The molecule has 0 fully saturated rings. The molecule has 1 unspecified atom stereocenters. The van der Waals surface area contributed by atoms with Gasteiger partial charge in [0, 0.05) is 19.4 Å². The Balaban J connectivity index is 2.55. The summed E-state index contributed by atoms with van der Waals surface area (Å²) in [7, 11) is 0. The quantitative estimate of drug-likeness (QED) is 0.771. The third-order valence-electron chi connectivity index (χ3n) is 2.19. The van der Waals surface area contributed by atoms with Crippen molar-refractivity contribution in [3.63, 3.8) is 0 Å². The maximum atomic E-state index is 10.5. The number of carboxylic acid groups (broad SMARTS) is 1. The molecule has 1 heterocycles. The van der Waals surface area contributed by atoms with Crippen LogP contribution in [-0.2, 0) is 17.8 Å². The highest BCUT2D eigenvalue weighted by molar-refractivity contribution is 5.66. The van der Waals surface area contributed by atoms with Crippen LogP contribution in [0, 0.1) is 5.92 Å². The Labute approximate surface area is 89.1 Å². The summed E-state index contributed by atoms with van der Waals surface area (Å²) in [5.74, 6) is 0.219. The van der Waals surface area contributed by atoms with Gasteiger partial charge >= 0.3 is 5.97 Å². The van der Waals surface area contributed by atoms with Gasteiger partial charge in [0.15, 0.2) is 0 Å². The number of hydrogen-bond donors (Lipinski definition) is 1. The monoisotopic (exact) mass is 211 g/mol. The number of carboxylic acids is 1. The topological polar surface area (TPSA) is 68.0 Å². The highest BCUT2D eigenvalue weighted by Gasteiger charge is 2.12. The molecule has 1 aromatic heterocycles. The molecule has 84 valence electrons. The second-order valence-corrected chi connectivity index (χ2v) is 3.81. The Morgan fingerprint density at radius 2 is 2.40 bits per heavy atom. The van der Waals surface area contributed by atoms with Gasteiger partial charge in [0.05, 0.1) is 0 Å². The van der Waals surface area contributed by atoms with E-state index >= 15 is 0 Å². The molecule has 15 heavy (non-hydrogen) atoms. The van der Waals surface area contributed by atoms with Gasteiger partial charge in [-0.3, -0.25) is 9.48 Å². The summed E-state index contributed by atoms with van der Waals surface area (Å²) < 4.78 is 1.85. The van der Waals surface area contributed by atoms with Gasteiger partial charge in [0.2, 0.25) is 0 Å². The highest BCUT2D eigenvalue weighted by atomic mass is 16.4. The van der Waals surface area contributed by atoms with E-state index in [2.05, 4.69) is 17.0 Å². The van der Waals surface area contributed by atoms with Crippen LogP contribution in [0.2, 0.25) is 0 Å². The summed E-state index contributed by atoms with van der Waals surface area (Å²) in [5.41, 5.74) is 0. The van der Waals surface area contributed by atoms with E-state index in [1.807, 2.05) is 11.6 Å². The number of aromatic nitrogens is 3. The number of rotatable bonds is 6. The molecule has 0 spiro atoms. The predicted octanol–water partition coefficient (Wildman–Crippen LogP) is 1.34. The number of carbonyl (C=O) groups is 1. The third-order valence-corrected chi connectivity index (χ3v) is 2.19. The van der Waals surface area contributed by atoms with Gasteiger partial charge in [0.25, 0.3) is 0 Å². The van der Waals surface area contributed by atoms with Gasteiger partial charge in [-0.05, 0) is 12.3 Å². The van der Waals surface area contributed by atoms with Gasteiger partial charge in [0.1, 0.15) is 12.2 Å². The van der Waals surface area contributed by atoms with Crippen molar-refractivity contribution in [2.45, 2.75) is 39.7 Å². The maximum Gasteiger partial charge on any atom is 0.303 e. The predicted molar refractivity (Wildman–Crippen MR) is 55.4 cm³/mol. The lowest BCUT2D eigenvalue weighted by Gasteiger charge is -2.08. The molecule has 0 saturated carbocycles. The Bertz CT molecular complexity index is 322. The van der Waals surface area contributed by atoms with Gasteiger partial charge in [-0.1, -0.05) is 13.8 Å². The van der Waals surface area contributed by atoms with Gasteiger partial charge in [-0.15, -0.1) is 0 Å². The van der Waals surface area contributed by atoms with Gasteiger partial charge in [-0.25, -0.2) is 4.98 Å². The van der Waals surface area contributed by atoms with E-state index in [1.54, 1.807) is 0 Å². The molecule has 0 aliphatic rings. The molecule has 0 aliphatic heterocycles. The second kappa shape index (κ2) is 5.48. The first-order chi connectivity index (χ1) is 7.13. The van der Waals surface area contributed by atoms with Crippen molar-refractivity contribution >= 4 is 5.97 Å². The lowest BCUT2D eigenvalue weighted by Crippen LogP contribution is -2.12. The van der Waals surface area contributed by atoms with E-state index in [4.69, 9.17) is 5.11 Å². The van der Waals surface area contributed by atoms with Crippen molar-refractivity contribution in [1.82, 2.24) is 14.8 Å². The van der Waals surface area contributed by atoms with E-state index in [0.29, 0.717) is 6.42 Å². The Morgan fingerprint density at radius 1 is 1.67 bits per heavy atom. The van der Waals surface area contributed by atoms with Crippen molar-refractivity contribution in [1.29, 1.82) is 0 Å². The van der Waals surface area contributed by atoms with Crippen molar-refractivity contribution < 1.29 is 9.90 Å². The molecule has 0 saturated heterocycles. The molecule has 0 radical (unpaired) electrons. The number of aliphatic carboxylic acids is 1. The lowest BCUT2D eigenvalue weighted by atomic mass is 10.0. The molecule has 5 heteroatoms. The molecule has 1 aromatic rings. The highest BCUT2D eigenvalue weighted by Crippen LogP contribution is 2.09. The standard InChI is InChI=1S/C10H17N3O2/c1-3-4-13-9(11-7-12-13)5-8(2)6-10(14)15/h7-8H,3-6H2,1-2H3,(H,14,15). The minimum atomic E-state index is -0.760. The smallest absolute Gasteiger partial charge is 0.303 e. The summed E-state index contributed by atoms with van der Waals surface area (Å²) in [6, 6.07) is 0. The fourth-order valence-electron chi connectivity index (χ4n) is 1.53. The number of aryl methyl sites for hydroxylation is 1. The van der Waals surface area contributed by atoms with Crippen LogP contribution in [0.4, 0.5) is 0 Å². The molecule has 0 amide bonds. The van der Waals surface area contributed by atoms with E-state index in [9.17, 15) is 4.79 Å². The summed E-state index contributed by atoms with van der Waals surface area (Å²) in [6.07, 6.45) is 3.38. The zero-order valence-corrected chi connectivity index (χ0v) is 9.18. The normalized spacial score (nSPS) is 12.7. The Hall–Kier alpha value is -1.39. The number of hydrogen-bond acceptors (Lipinski definition) is 3. The van der Waals surface area contributed by atoms with Gasteiger partial charge in [-0.2, -0.15) is 5.10 Å². The zero-order chi connectivity index (χ0) is 11.3. The van der Waals surface area contributed by atoms with E-state index in [1.165, 1.54) is 6.33 Å². The Kier molecular flexibility index (Phi) is 4.27. The maximum absolute atomic E-state index is 10.5. The van der Waals surface area contributed by atoms with Gasteiger partial charge < -0.3 is 5.11 Å². The lowest BCUT2D eigenvalue weighted by molar-refractivity contribution is -0.137. The fourth-order valence-corrected chi connectivity index (χ4v) is 1.53. The molecule has 1 rings (SSSR count). The van der Waals surface area contributed by atoms with Crippen LogP contribution in [0.3, 0.4) is 0 Å². The van der Waals surface area contributed by atoms with Crippen LogP contribution >= 0.6 is 0 Å². The fraction of sp³-hybridized carbons (Fsp3) is 0.700. The van der Waals surface area contributed by atoms with Crippen LogP contribution in [0.15, 0.2) is 6.33 Å². The third kappa shape index (κ3) is 3.69. The van der Waals surface area contributed by atoms with Crippen LogP contribution in [-0.4, -0.2) is 25.8 Å². The Morgan fingerprint density at radius 3 is 3.00 bits per heavy atom. The van der Waals surface area contributed by atoms with Crippen LogP contribution in [0.5, 0.6) is 0 Å². The molecular formula is C10H17N3O2. The van der Waals surface area contributed by atoms with E-state index in [-0.39, 0.29) is 12.3 Å². The van der Waals surface area contributed by atoms with E-state index < -0.39 is 5.97 Å². The first-order valence-electron chi connectivity index (χ1n) is 5.22. The SMILES string of the molecule is CCCn1ncnc1CC(C)CC(=O)O. The second-order valence-electron chi connectivity index (χ2n) is 3.81. The van der Waals surface area contributed by atoms with Crippen LogP contribution < -0.4 is 0 Å². The molecule has 1 atom stereocenters. The molecule has 0 bridgehead atoms. The van der Waals surface area contributed by atoms with Crippen molar-refractivity contribution in [3.05, 3.63) is 12.2 Å². The van der Waals surface area contributed by atoms with Crippen LogP contribution in [0.1, 0.15) is 32.5 Å². The van der Waals surface area contributed by atoms with Crippen LogP contribution in [0.25, 0.3) is 0 Å². The minimum Gasteiger partial charge on any atom is -0.481 e. The summed E-state index contributed by atoms with van der Waals surface area (Å²) in [4.78, 5) is 14.6. The molecule has 5 nitrogen and oxygen atoms in total. The summed E-state index contributed by atoms with van der Waals surface area (Å²) in [5, 5.41) is 12.7. The first-order valence-corrected chi connectivity index (χ1v) is 5.22. The first kappa shape index (κ1) is 11.7.